The van der Waals surface area contributed by atoms with E-state index in [-0.39, 0.29) is 18.9 Å². The second-order valence-electron chi connectivity index (χ2n) is 21.7. The molecule has 1 aliphatic heterocycles. The van der Waals surface area contributed by atoms with Gasteiger partial charge in [0, 0.05) is 6.42 Å². The highest BCUT2D eigenvalue weighted by atomic mass is 16.7. The first-order valence-electron chi connectivity index (χ1n) is 30.3. The van der Waals surface area contributed by atoms with Gasteiger partial charge in [0.15, 0.2) is 6.29 Å². The minimum Gasteiger partial charge on any atom is -0.394 e. The summed E-state index contributed by atoms with van der Waals surface area (Å²) >= 11 is 0. The van der Waals surface area contributed by atoms with Crippen molar-refractivity contribution < 1.29 is 44.9 Å². The average Bonchev–Trinajstić information content (AvgIpc) is 3.35. The summed E-state index contributed by atoms with van der Waals surface area (Å²) in [4.78, 5) is 13.1. The zero-order chi connectivity index (χ0) is 50.3. The summed E-state index contributed by atoms with van der Waals surface area (Å²) in [5, 5.41) is 65.4. The molecule has 10 nitrogen and oxygen atoms in total. The van der Waals surface area contributed by atoms with Crippen LogP contribution < -0.4 is 5.32 Å². The smallest absolute Gasteiger partial charge is 0.220 e. The molecule has 0 aromatic rings. The molecule has 0 radical (unpaired) electrons. The van der Waals surface area contributed by atoms with Crippen LogP contribution in [0.5, 0.6) is 0 Å². The maximum atomic E-state index is 13.1. The zero-order valence-corrected chi connectivity index (χ0v) is 45.5. The number of unbranched alkanes of at least 4 members (excludes halogenated alkanes) is 42. The van der Waals surface area contributed by atoms with Crippen molar-refractivity contribution in [2.45, 2.75) is 358 Å². The SMILES string of the molecule is CCCCCCCCCCCCCCCCCCCCCCCCCCCCCCCCCCCC(=O)N[C@@H](CO[C@@H]1O[C@H](CO)[C@H](O)C(O)C1O)[C@H](O)[C@H](O)CCCCCCCCCCCCC. The Morgan fingerprint density at radius 3 is 1.07 bits per heavy atom. The highest BCUT2D eigenvalue weighted by Gasteiger charge is 2.44. The second-order valence-corrected chi connectivity index (χ2v) is 21.7. The lowest BCUT2D eigenvalue weighted by Gasteiger charge is -2.40. The fourth-order valence-electron chi connectivity index (χ4n) is 10.2. The van der Waals surface area contributed by atoms with E-state index in [1.165, 1.54) is 238 Å². The molecule has 7 N–H and O–H groups in total. The van der Waals surface area contributed by atoms with E-state index in [2.05, 4.69) is 19.2 Å². The average molecular weight is 985 g/mol. The van der Waals surface area contributed by atoms with Gasteiger partial charge in [0.05, 0.1) is 25.4 Å². The Kier molecular flexibility index (Phi) is 47.3. The molecular formula is C59H117NO9. The minimum atomic E-state index is -1.60. The first-order chi connectivity index (χ1) is 33.8. The van der Waals surface area contributed by atoms with Crippen molar-refractivity contribution in [2.24, 2.45) is 0 Å². The van der Waals surface area contributed by atoms with Crippen LogP contribution in [0, 0.1) is 0 Å². The van der Waals surface area contributed by atoms with Crippen LogP contribution in [0.4, 0.5) is 0 Å². The van der Waals surface area contributed by atoms with Crippen LogP contribution in [-0.4, -0.2) is 98.7 Å². The Balaban J connectivity index is 2.09. The molecule has 1 rings (SSSR count). The summed E-state index contributed by atoms with van der Waals surface area (Å²) in [5.41, 5.74) is 0. The third-order valence-corrected chi connectivity index (χ3v) is 15.1. The van der Waals surface area contributed by atoms with E-state index in [1.54, 1.807) is 0 Å². The Morgan fingerprint density at radius 1 is 0.449 bits per heavy atom. The summed E-state index contributed by atoms with van der Waals surface area (Å²) in [6.45, 7) is 3.64. The maximum Gasteiger partial charge on any atom is 0.220 e. The maximum absolute atomic E-state index is 13.1. The van der Waals surface area contributed by atoms with Crippen molar-refractivity contribution >= 4 is 5.91 Å². The number of carbonyl (C=O) groups excluding carboxylic acids is 1. The van der Waals surface area contributed by atoms with Gasteiger partial charge in [-0.1, -0.05) is 290 Å². The normalized spacial score (nSPS) is 19.8. The van der Waals surface area contributed by atoms with Gasteiger partial charge in [-0.05, 0) is 12.8 Å². The predicted molar refractivity (Wildman–Crippen MR) is 287 cm³/mol. The van der Waals surface area contributed by atoms with Crippen molar-refractivity contribution in [3.8, 4) is 0 Å². The predicted octanol–water partition coefficient (Wildman–Crippen LogP) is 14.0. The largest absolute Gasteiger partial charge is 0.394 e. The number of amides is 1. The number of nitrogens with one attached hydrogen (secondary N) is 1. The highest BCUT2D eigenvalue weighted by molar-refractivity contribution is 5.76. The van der Waals surface area contributed by atoms with Crippen molar-refractivity contribution in [1.29, 1.82) is 0 Å². The first kappa shape index (κ1) is 66.2. The van der Waals surface area contributed by atoms with Crippen molar-refractivity contribution in [1.82, 2.24) is 5.32 Å². The van der Waals surface area contributed by atoms with Crippen LogP contribution in [-0.2, 0) is 14.3 Å². The second kappa shape index (κ2) is 49.4. The van der Waals surface area contributed by atoms with E-state index in [4.69, 9.17) is 9.47 Å². The first-order valence-corrected chi connectivity index (χ1v) is 30.3. The van der Waals surface area contributed by atoms with E-state index >= 15 is 0 Å². The van der Waals surface area contributed by atoms with Gasteiger partial charge in [-0.15, -0.1) is 0 Å². The fraction of sp³-hybridized carbons (Fsp3) is 0.983. The van der Waals surface area contributed by atoms with Gasteiger partial charge in [-0.25, -0.2) is 0 Å². The summed E-state index contributed by atoms with van der Waals surface area (Å²) in [7, 11) is 0. The van der Waals surface area contributed by atoms with Crippen LogP contribution in [0.2, 0.25) is 0 Å². The topological polar surface area (TPSA) is 169 Å². The lowest BCUT2D eigenvalue weighted by Crippen LogP contribution is -2.60. The molecule has 0 spiro atoms. The molecule has 1 amide bonds. The molecular weight excluding hydrogens is 867 g/mol. The summed E-state index contributed by atoms with van der Waals surface area (Å²) < 4.78 is 11.2. The van der Waals surface area contributed by atoms with Crippen molar-refractivity contribution in [2.75, 3.05) is 13.2 Å². The molecule has 2 unspecified atom stereocenters. The standard InChI is InChI=1S/C59H117NO9/c1-3-5-7-9-11-13-15-16-17-18-19-20-21-22-23-24-25-26-27-28-29-30-31-32-33-34-35-36-38-40-42-44-46-48-54(63)60-51(50-68-59-58(67)57(66)56(65)53(49-61)69-59)55(64)52(62)47-45-43-41-39-37-14-12-10-8-6-4-2/h51-53,55-59,61-62,64-67H,3-50H2,1-2H3,(H,60,63)/t51-,52+,53+,55-,56-,57?,58?,59+/m0/s1. The van der Waals surface area contributed by atoms with E-state index < -0.39 is 55.6 Å². The lowest BCUT2D eigenvalue weighted by molar-refractivity contribution is -0.303. The van der Waals surface area contributed by atoms with Gasteiger partial charge in [0.25, 0.3) is 0 Å². The molecule has 10 heteroatoms. The quantitative estimate of drug-likeness (QED) is 0.0293. The lowest BCUT2D eigenvalue weighted by atomic mass is 9.98. The Bertz CT molecular complexity index is 1070. The number of hydrogen-bond donors (Lipinski definition) is 7. The Hall–Kier alpha value is -0.850. The molecule has 0 aromatic heterocycles. The molecule has 412 valence electrons. The van der Waals surface area contributed by atoms with Crippen LogP contribution in [0.3, 0.4) is 0 Å². The molecule has 8 atom stereocenters. The molecule has 1 saturated heterocycles. The molecule has 0 bridgehead atoms. The van der Waals surface area contributed by atoms with Gasteiger partial charge in [-0.2, -0.15) is 0 Å². The van der Waals surface area contributed by atoms with E-state index in [9.17, 15) is 35.4 Å². The van der Waals surface area contributed by atoms with Gasteiger partial charge in [-0.3, -0.25) is 4.79 Å². The molecule has 1 aliphatic rings. The number of aliphatic hydroxyl groups excluding tert-OH is 6. The van der Waals surface area contributed by atoms with Gasteiger partial charge in [0.2, 0.25) is 5.91 Å². The molecule has 1 fully saturated rings. The number of aliphatic hydroxyl groups is 6. The minimum absolute atomic E-state index is 0.251. The Morgan fingerprint density at radius 2 is 0.754 bits per heavy atom. The molecule has 0 aliphatic carbocycles. The van der Waals surface area contributed by atoms with Gasteiger partial charge in [0.1, 0.15) is 30.5 Å². The van der Waals surface area contributed by atoms with E-state index in [0.717, 1.165) is 44.9 Å². The molecule has 1 heterocycles. The fourth-order valence-corrected chi connectivity index (χ4v) is 10.2. The number of rotatable bonds is 53. The third-order valence-electron chi connectivity index (χ3n) is 15.1. The number of hydrogen-bond acceptors (Lipinski definition) is 9. The molecule has 0 saturated carbocycles. The molecule has 0 aromatic carbocycles. The van der Waals surface area contributed by atoms with Crippen LogP contribution >= 0.6 is 0 Å². The summed E-state index contributed by atoms with van der Waals surface area (Å²) in [5.74, 6) is -0.251. The van der Waals surface area contributed by atoms with E-state index in [0.29, 0.717) is 6.42 Å². The third kappa shape index (κ3) is 38.4. The monoisotopic (exact) mass is 984 g/mol. The number of ether oxygens (including phenoxy) is 2. The highest BCUT2D eigenvalue weighted by Crippen LogP contribution is 2.24. The zero-order valence-electron chi connectivity index (χ0n) is 45.5. The van der Waals surface area contributed by atoms with Crippen LogP contribution in [0.25, 0.3) is 0 Å². The van der Waals surface area contributed by atoms with E-state index in [1.807, 2.05) is 0 Å². The van der Waals surface area contributed by atoms with Gasteiger partial charge < -0.3 is 45.4 Å². The van der Waals surface area contributed by atoms with Crippen LogP contribution in [0.1, 0.15) is 309 Å². The molecule has 69 heavy (non-hydrogen) atoms. The Labute approximate surface area is 426 Å². The van der Waals surface area contributed by atoms with Crippen molar-refractivity contribution in [3.05, 3.63) is 0 Å². The summed E-state index contributed by atoms with van der Waals surface area (Å²) in [6.07, 6.45) is 48.8. The summed E-state index contributed by atoms with van der Waals surface area (Å²) in [6, 6.07) is -0.985. The van der Waals surface area contributed by atoms with Gasteiger partial charge >= 0.3 is 0 Å². The van der Waals surface area contributed by atoms with Crippen LogP contribution in [0.15, 0.2) is 0 Å². The van der Waals surface area contributed by atoms with Crippen molar-refractivity contribution in [3.63, 3.8) is 0 Å². The number of carbonyl (C=O) groups is 1.